The number of carbonyl (C=O) groups is 1. The Hall–Kier alpha value is -1.42. The number of aryl methyl sites for hydroxylation is 1. The summed E-state index contributed by atoms with van der Waals surface area (Å²) in [6.45, 7) is 2.10. The Bertz CT molecular complexity index is 499. The molecule has 19 heavy (non-hydrogen) atoms. The summed E-state index contributed by atoms with van der Waals surface area (Å²) in [4.78, 5) is 16.8. The fourth-order valence-electron chi connectivity index (χ4n) is 2.49. The molecule has 0 unspecified atom stereocenters. The first kappa shape index (κ1) is 14.0. The Kier molecular flexibility index (Phi) is 4.91. The highest BCUT2D eigenvalue weighted by Crippen LogP contribution is 2.19. The van der Waals surface area contributed by atoms with Crippen molar-refractivity contribution >= 4 is 5.91 Å². The molecule has 0 N–H and O–H groups in total. The first-order valence-corrected chi connectivity index (χ1v) is 6.96. The molecule has 4 nitrogen and oxygen atoms in total. The van der Waals surface area contributed by atoms with E-state index >= 15 is 0 Å². The van der Waals surface area contributed by atoms with E-state index in [9.17, 15) is 4.79 Å². The lowest BCUT2D eigenvalue weighted by atomic mass is 9.96. The number of methoxy groups -OCH3 is 1. The Labute approximate surface area is 114 Å². The first-order valence-electron chi connectivity index (χ1n) is 6.96. The van der Waals surface area contributed by atoms with Gasteiger partial charge in [0.15, 0.2) is 0 Å². The van der Waals surface area contributed by atoms with Crippen LogP contribution in [0.1, 0.15) is 42.5 Å². The van der Waals surface area contributed by atoms with E-state index in [1.54, 1.807) is 10.8 Å². The van der Waals surface area contributed by atoms with E-state index in [0.29, 0.717) is 6.04 Å². The molecule has 0 radical (unpaired) electrons. The number of hydrogen-bond acceptors (Lipinski definition) is 3. The van der Waals surface area contributed by atoms with E-state index in [2.05, 4.69) is 0 Å². The lowest BCUT2D eigenvalue weighted by Gasteiger charge is -2.18. The summed E-state index contributed by atoms with van der Waals surface area (Å²) in [5.74, 6) is -0.0722. The van der Waals surface area contributed by atoms with Gasteiger partial charge in [0.05, 0.1) is 6.04 Å². The molecular weight excluding hydrogens is 240 g/mol. The van der Waals surface area contributed by atoms with Crippen molar-refractivity contribution in [1.29, 1.82) is 0 Å². The third kappa shape index (κ3) is 3.77. The molecule has 1 aliphatic carbocycles. The minimum Gasteiger partial charge on any atom is -0.375 e. The average Bonchev–Trinajstić information content (AvgIpc) is 2.40. The molecule has 0 amide bonds. The molecule has 0 bridgehead atoms. The van der Waals surface area contributed by atoms with Crippen molar-refractivity contribution in [2.24, 2.45) is 4.99 Å². The molecule has 104 valence electrons. The molecule has 0 aliphatic heterocycles. The van der Waals surface area contributed by atoms with Gasteiger partial charge in [0.1, 0.15) is 12.1 Å². The van der Waals surface area contributed by atoms with Gasteiger partial charge in [0, 0.05) is 13.3 Å². The quantitative estimate of drug-likeness (QED) is 0.839. The molecule has 1 aliphatic rings. The largest absolute Gasteiger partial charge is 0.375 e. The van der Waals surface area contributed by atoms with Gasteiger partial charge in [-0.05, 0) is 37.5 Å². The van der Waals surface area contributed by atoms with Crippen molar-refractivity contribution in [3.63, 3.8) is 0 Å². The summed E-state index contributed by atoms with van der Waals surface area (Å²) in [5, 5.41) is 0. The molecule has 1 aromatic heterocycles. The molecule has 1 saturated carbocycles. The van der Waals surface area contributed by atoms with Crippen LogP contribution in [0.2, 0.25) is 0 Å². The molecule has 2 rings (SSSR count). The minimum absolute atomic E-state index is 0.0722. The second kappa shape index (κ2) is 6.66. The van der Waals surface area contributed by atoms with Crippen molar-refractivity contribution in [1.82, 2.24) is 4.57 Å². The number of aromatic nitrogens is 1. The van der Waals surface area contributed by atoms with Crippen molar-refractivity contribution < 1.29 is 9.53 Å². The fraction of sp³-hybridized carbons (Fsp3) is 0.600. The maximum atomic E-state index is 12.0. The summed E-state index contributed by atoms with van der Waals surface area (Å²) >= 11 is 0. The molecule has 0 spiro atoms. The summed E-state index contributed by atoms with van der Waals surface area (Å²) in [5.41, 5.74) is 1.88. The molecule has 1 heterocycles. The number of rotatable bonds is 3. The molecule has 4 heteroatoms. The predicted molar refractivity (Wildman–Crippen MR) is 74.1 cm³/mol. The summed E-state index contributed by atoms with van der Waals surface area (Å²) in [6, 6.07) is 4.26. The van der Waals surface area contributed by atoms with Crippen molar-refractivity contribution in [2.75, 3.05) is 13.7 Å². The zero-order valence-corrected chi connectivity index (χ0v) is 11.8. The first-order chi connectivity index (χ1) is 9.20. The monoisotopic (exact) mass is 262 g/mol. The molecule has 1 aromatic rings. The summed E-state index contributed by atoms with van der Waals surface area (Å²) in [6.07, 6.45) is 7.84. The average molecular weight is 262 g/mol. The van der Waals surface area contributed by atoms with Crippen LogP contribution in [0.25, 0.3) is 0 Å². The molecule has 0 aromatic carbocycles. The predicted octanol–water partition coefficient (Wildman–Crippen LogP) is 2.32. The Morgan fingerprint density at radius 1 is 1.42 bits per heavy atom. The van der Waals surface area contributed by atoms with Gasteiger partial charge in [-0.3, -0.25) is 14.4 Å². The molecule has 1 fully saturated rings. The van der Waals surface area contributed by atoms with Crippen LogP contribution >= 0.6 is 0 Å². The van der Waals surface area contributed by atoms with E-state index in [1.165, 1.54) is 26.4 Å². The van der Waals surface area contributed by atoms with Gasteiger partial charge in [0.2, 0.25) is 0 Å². The maximum absolute atomic E-state index is 12.0. The van der Waals surface area contributed by atoms with Crippen LogP contribution in [0.15, 0.2) is 23.3 Å². The van der Waals surface area contributed by atoms with Crippen LogP contribution in [-0.4, -0.2) is 30.2 Å². The van der Waals surface area contributed by atoms with Crippen LogP contribution in [0.5, 0.6) is 0 Å². The van der Waals surface area contributed by atoms with Crippen LogP contribution in [0.3, 0.4) is 0 Å². The van der Waals surface area contributed by atoms with Gasteiger partial charge in [0.25, 0.3) is 5.91 Å². The number of carbonyl (C=O) groups excluding carboxylic acids is 1. The SMILES string of the molecule is COCC(=O)n1ccc(C)cc1=NC1CCCCC1. The zero-order valence-electron chi connectivity index (χ0n) is 11.8. The Morgan fingerprint density at radius 3 is 2.84 bits per heavy atom. The van der Waals surface area contributed by atoms with Gasteiger partial charge in [-0.1, -0.05) is 19.3 Å². The van der Waals surface area contributed by atoms with E-state index in [4.69, 9.17) is 9.73 Å². The number of nitrogens with zero attached hydrogens (tertiary/aromatic N) is 2. The summed E-state index contributed by atoms with van der Waals surface area (Å²) < 4.78 is 6.52. The summed E-state index contributed by atoms with van der Waals surface area (Å²) in [7, 11) is 1.53. The highest BCUT2D eigenvalue weighted by atomic mass is 16.5. The fourth-order valence-corrected chi connectivity index (χ4v) is 2.49. The lowest BCUT2D eigenvalue weighted by molar-refractivity contribution is 0.0755. The van der Waals surface area contributed by atoms with Crippen LogP contribution in [-0.2, 0) is 4.74 Å². The number of pyridine rings is 1. The minimum atomic E-state index is -0.0722. The van der Waals surface area contributed by atoms with E-state index in [-0.39, 0.29) is 12.5 Å². The topological polar surface area (TPSA) is 43.6 Å². The van der Waals surface area contributed by atoms with Gasteiger partial charge < -0.3 is 4.74 Å². The third-order valence-corrected chi connectivity index (χ3v) is 3.52. The van der Waals surface area contributed by atoms with Crippen LogP contribution < -0.4 is 5.49 Å². The van der Waals surface area contributed by atoms with Crippen LogP contribution in [0, 0.1) is 6.92 Å². The van der Waals surface area contributed by atoms with Gasteiger partial charge in [-0.25, -0.2) is 0 Å². The van der Waals surface area contributed by atoms with E-state index in [0.717, 1.165) is 23.9 Å². The lowest BCUT2D eigenvalue weighted by Crippen LogP contribution is -2.31. The number of ether oxygens (including phenoxy) is 1. The second-order valence-corrected chi connectivity index (χ2v) is 5.18. The normalized spacial score (nSPS) is 17.7. The van der Waals surface area contributed by atoms with Crippen molar-refractivity contribution in [2.45, 2.75) is 45.1 Å². The maximum Gasteiger partial charge on any atom is 0.258 e. The van der Waals surface area contributed by atoms with Crippen molar-refractivity contribution in [3.05, 3.63) is 29.4 Å². The van der Waals surface area contributed by atoms with Crippen LogP contribution in [0.4, 0.5) is 0 Å². The van der Waals surface area contributed by atoms with Gasteiger partial charge >= 0.3 is 0 Å². The smallest absolute Gasteiger partial charge is 0.258 e. The molecule has 0 saturated heterocycles. The molecular formula is C15H22N2O2. The zero-order chi connectivity index (χ0) is 13.7. The van der Waals surface area contributed by atoms with E-state index < -0.39 is 0 Å². The highest BCUT2D eigenvalue weighted by Gasteiger charge is 2.12. The van der Waals surface area contributed by atoms with Crippen molar-refractivity contribution in [3.8, 4) is 0 Å². The standard InChI is InChI=1S/C15H22N2O2/c1-12-8-9-17(15(18)11-19-2)14(10-12)16-13-6-4-3-5-7-13/h8-10,13H,3-7,11H2,1-2H3. The third-order valence-electron chi connectivity index (χ3n) is 3.52. The highest BCUT2D eigenvalue weighted by molar-refractivity contribution is 5.79. The number of hydrogen-bond donors (Lipinski definition) is 0. The van der Waals surface area contributed by atoms with Gasteiger partial charge in [-0.15, -0.1) is 0 Å². The van der Waals surface area contributed by atoms with E-state index in [1.807, 2.05) is 19.1 Å². The second-order valence-electron chi connectivity index (χ2n) is 5.18. The Morgan fingerprint density at radius 2 is 2.16 bits per heavy atom. The van der Waals surface area contributed by atoms with Gasteiger partial charge in [-0.2, -0.15) is 0 Å². The Balaban J connectivity index is 2.33. The molecule has 0 atom stereocenters.